The highest BCUT2D eigenvalue weighted by Gasteiger charge is 2.34. The summed E-state index contributed by atoms with van der Waals surface area (Å²) in [5.41, 5.74) is 3.31. The molecule has 0 saturated heterocycles. The molecule has 0 aromatic rings. The summed E-state index contributed by atoms with van der Waals surface area (Å²) in [5.74, 6) is 3.31. The first-order valence-electron chi connectivity index (χ1n) is 6.47. The lowest BCUT2D eigenvalue weighted by atomic mass is 9.65. The summed E-state index contributed by atoms with van der Waals surface area (Å²) >= 11 is 0. The highest BCUT2D eigenvalue weighted by atomic mass is 14.4. The van der Waals surface area contributed by atoms with Crippen molar-refractivity contribution in [3.8, 4) is 0 Å². The Morgan fingerprint density at radius 3 is 2.67 bits per heavy atom. The molecule has 0 heterocycles. The molecule has 2 aliphatic carbocycles. The van der Waals surface area contributed by atoms with Crippen LogP contribution in [-0.4, -0.2) is 0 Å². The Morgan fingerprint density at radius 1 is 1.27 bits per heavy atom. The summed E-state index contributed by atoms with van der Waals surface area (Å²) in [6.45, 7) is 9.46. The van der Waals surface area contributed by atoms with E-state index in [1.807, 2.05) is 0 Å². The summed E-state index contributed by atoms with van der Waals surface area (Å²) in [7, 11) is 0. The van der Waals surface area contributed by atoms with Crippen LogP contribution in [0.15, 0.2) is 23.3 Å². The molecule has 0 heteroatoms. The van der Waals surface area contributed by atoms with Crippen molar-refractivity contribution in [3.63, 3.8) is 0 Å². The molecule has 0 unspecified atom stereocenters. The largest absolute Gasteiger partial charge is 0.0804 e. The third-order valence-electron chi connectivity index (χ3n) is 4.33. The van der Waals surface area contributed by atoms with Crippen LogP contribution in [0.1, 0.15) is 47.0 Å². The van der Waals surface area contributed by atoms with Crippen LogP contribution in [0.25, 0.3) is 0 Å². The van der Waals surface area contributed by atoms with Crippen molar-refractivity contribution in [3.05, 3.63) is 23.3 Å². The topological polar surface area (TPSA) is 0 Å². The van der Waals surface area contributed by atoms with E-state index in [9.17, 15) is 0 Å². The van der Waals surface area contributed by atoms with Crippen LogP contribution >= 0.6 is 0 Å². The SMILES string of the molecule is CC1=C[C@H]2C(=CC1)[C@@H](C)CC[C@@H]2C(C)C. The first-order chi connectivity index (χ1) is 7.09. The second kappa shape index (κ2) is 4.15. The number of fused-ring (bicyclic) bond motifs is 1. The molecule has 0 aromatic carbocycles. The van der Waals surface area contributed by atoms with Crippen LogP contribution in [0.2, 0.25) is 0 Å². The Morgan fingerprint density at radius 2 is 2.00 bits per heavy atom. The third-order valence-corrected chi connectivity index (χ3v) is 4.33. The standard InChI is InChI=1S/C15H24/c1-10(2)13-8-6-12(4)14-7-5-11(3)9-15(13)14/h7,9-10,12-13,15H,5-6,8H2,1-4H3/t12-,13+,15+/m0/s1. The molecule has 15 heavy (non-hydrogen) atoms. The van der Waals surface area contributed by atoms with Gasteiger partial charge in [-0.3, -0.25) is 0 Å². The monoisotopic (exact) mass is 204 g/mol. The second-order valence-electron chi connectivity index (χ2n) is 5.83. The molecule has 0 radical (unpaired) electrons. The third kappa shape index (κ3) is 2.04. The van der Waals surface area contributed by atoms with Gasteiger partial charge in [0.1, 0.15) is 0 Å². The van der Waals surface area contributed by atoms with E-state index in [0.29, 0.717) is 0 Å². The fourth-order valence-corrected chi connectivity index (χ4v) is 3.32. The van der Waals surface area contributed by atoms with E-state index >= 15 is 0 Å². The van der Waals surface area contributed by atoms with Crippen LogP contribution in [0, 0.1) is 23.7 Å². The molecular weight excluding hydrogens is 180 g/mol. The molecule has 1 saturated carbocycles. The maximum Gasteiger partial charge on any atom is 0.00129 e. The number of hydrogen-bond donors (Lipinski definition) is 0. The lowest BCUT2D eigenvalue weighted by Gasteiger charge is -2.40. The molecule has 0 aromatic heterocycles. The van der Waals surface area contributed by atoms with Crippen molar-refractivity contribution in [1.29, 1.82) is 0 Å². The highest BCUT2D eigenvalue weighted by molar-refractivity contribution is 5.28. The Kier molecular flexibility index (Phi) is 3.04. The minimum atomic E-state index is 0.766. The van der Waals surface area contributed by atoms with Crippen LogP contribution in [0.4, 0.5) is 0 Å². The molecule has 0 spiro atoms. The van der Waals surface area contributed by atoms with E-state index in [0.717, 1.165) is 23.7 Å². The lowest BCUT2D eigenvalue weighted by Crippen LogP contribution is -2.30. The van der Waals surface area contributed by atoms with Gasteiger partial charge in [0.05, 0.1) is 0 Å². The van der Waals surface area contributed by atoms with Gasteiger partial charge in [-0.05, 0) is 43.9 Å². The lowest BCUT2D eigenvalue weighted by molar-refractivity contribution is 0.234. The van der Waals surface area contributed by atoms with Crippen LogP contribution in [-0.2, 0) is 0 Å². The van der Waals surface area contributed by atoms with E-state index < -0.39 is 0 Å². The molecule has 2 aliphatic rings. The van der Waals surface area contributed by atoms with Crippen molar-refractivity contribution in [2.45, 2.75) is 47.0 Å². The minimum Gasteiger partial charge on any atom is -0.0804 e. The summed E-state index contributed by atoms with van der Waals surface area (Å²) in [6, 6.07) is 0. The summed E-state index contributed by atoms with van der Waals surface area (Å²) in [4.78, 5) is 0. The van der Waals surface area contributed by atoms with Crippen molar-refractivity contribution >= 4 is 0 Å². The summed E-state index contributed by atoms with van der Waals surface area (Å²) < 4.78 is 0. The summed E-state index contributed by atoms with van der Waals surface area (Å²) in [6.07, 6.45) is 9.08. The molecule has 1 fully saturated rings. The fraction of sp³-hybridized carbons (Fsp3) is 0.733. The number of hydrogen-bond acceptors (Lipinski definition) is 0. The normalized spacial score (nSPS) is 35.9. The molecule has 0 aliphatic heterocycles. The van der Waals surface area contributed by atoms with Gasteiger partial charge in [-0.15, -0.1) is 0 Å². The van der Waals surface area contributed by atoms with E-state index in [1.165, 1.54) is 19.3 Å². The van der Waals surface area contributed by atoms with Gasteiger partial charge < -0.3 is 0 Å². The van der Waals surface area contributed by atoms with Crippen molar-refractivity contribution in [2.24, 2.45) is 23.7 Å². The first-order valence-corrected chi connectivity index (χ1v) is 6.47. The van der Waals surface area contributed by atoms with Crippen molar-refractivity contribution in [1.82, 2.24) is 0 Å². The van der Waals surface area contributed by atoms with Gasteiger partial charge in [0, 0.05) is 5.92 Å². The maximum absolute atomic E-state index is 2.55. The van der Waals surface area contributed by atoms with Gasteiger partial charge in [-0.1, -0.05) is 44.1 Å². The van der Waals surface area contributed by atoms with Crippen molar-refractivity contribution in [2.75, 3.05) is 0 Å². The molecular formula is C15H24. The van der Waals surface area contributed by atoms with Crippen molar-refractivity contribution < 1.29 is 0 Å². The Labute approximate surface area is 94.5 Å². The van der Waals surface area contributed by atoms with Gasteiger partial charge >= 0.3 is 0 Å². The maximum atomic E-state index is 2.55. The molecule has 2 rings (SSSR count). The van der Waals surface area contributed by atoms with E-state index in [2.05, 4.69) is 39.8 Å². The van der Waals surface area contributed by atoms with Gasteiger partial charge in [-0.2, -0.15) is 0 Å². The Bertz CT molecular complexity index is 293. The fourth-order valence-electron chi connectivity index (χ4n) is 3.32. The molecule has 84 valence electrons. The zero-order chi connectivity index (χ0) is 11.0. The van der Waals surface area contributed by atoms with Gasteiger partial charge in [0.15, 0.2) is 0 Å². The van der Waals surface area contributed by atoms with E-state index in [4.69, 9.17) is 0 Å². The zero-order valence-electron chi connectivity index (χ0n) is 10.6. The van der Waals surface area contributed by atoms with E-state index in [1.54, 1.807) is 11.1 Å². The quantitative estimate of drug-likeness (QED) is 0.548. The molecule has 3 atom stereocenters. The minimum absolute atomic E-state index is 0.766. The Hall–Kier alpha value is -0.520. The van der Waals surface area contributed by atoms with Gasteiger partial charge in [0.25, 0.3) is 0 Å². The average molecular weight is 204 g/mol. The molecule has 0 N–H and O–H groups in total. The predicted molar refractivity (Wildman–Crippen MR) is 66.7 cm³/mol. The first kappa shape index (κ1) is 11.0. The number of rotatable bonds is 1. The van der Waals surface area contributed by atoms with E-state index in [-0.39, 0.29) is 0 Å². The smallest absolute Gasteiger partial charge is 0.00129 e. The van der Waals surface area contributed by atoms with Crippen LogP contribution < -0.4 is 0 Å². The molecule has 0 amide bonds. The average Bonchev–Trinajstić information content (AvgIpc) is 2.17. The van der Waals surface area contributed by atoms with Gasteiger partial charge in [0.2, 0.25) is 0 Å². The Balaban J connectivity index is 2.26. The number of allylic oxidation sites excluding steroid dienone is 4. The summed E-state index contributed by atoms with van der Waals surface area (Å²) in [5, 5.41) is 0. The highest BCUT2D eigenvalue weighted by Crippen LogP contribution is 2.45. The molecule has 0 nitrogen and oxygen atoms in total. The predicted octanol–water partition coefficient (Wildman–Crippen LogP) is 4.58. The second-order valence-corrected chi connectivity index (χ2v) is 5.83. The van der Waals surface area contributed by atoms with Crippen LogP contribution in [0.3, 0.4) is 0 Å². The zero-order valence-corrected chi connectivity index (χ0v) is 10.6. The van der Waals surface area contributed by atoms with Gasteiger partial charge in [-0.25, -0.2) is 0 Å². The van der Waals surface area contributed by atoms with Crippen LogP contribution in [0.5, 0.6) is 0 Å². The molecule has 0 bridgehead atoms.